The molecule has 5 rings (SSSR count). The molecule has 0 radical (unpaired) electrons. The predicted octanol–water partition coefficient (Wildman–Crippen LogP) is 5.45. The zero-order valence-corrected chi connectivity index (χ0v) is 20.6. The van der Waals surface area contributed by atoms with Crippen LogP contribution in [-0.2, 0) is 0 Å². The summed E-state index contributed by atoms with van der Waals surface area (Å²) in [6.07, 6.45) is 1.09. The van der Waals surface area contributed by atoms with E-state index in [0.717, 1.165) is 44.8 Å². The van der Waals surface area contributed by atoms with Crippen molar-refractivity contribution in [3.63, 3.8) is 0 Å². The first-order valence-corrected chi connectivity index (χ1v) is 12.3. The Hall–Kier alpha value is -3.43. The Morgan fingerprint density at radius 1 is 1.11 bits per heavy atom. The zero-order valence-electron chi connectivity index (χ0n) is 20.6. The van der Waals surface area contributed by atoms with E-state index in [1.807, 2.05) is 0 Å². The number of nitrogens with zero attached hydrogens (tertiary/aromatic N) is 5. The standard InChI is InChI=1S/C26H29F3N6O/c1-14(16-7-6-8-17(20(16)27)21(28)29)30-23-18-13-19(26(36)34(2)3)25(35-11-4-5-12-35)33-24(18)32-22(31-23)15-9-10-15/h6-8,13-15,21H,4-5,9-12H2,1-3H3,(H,30,31,32,33)/t14-/m1/s1. The minimum Gasteiger partial charge on any atom is -0.363 e. The second kappa shape index (κ2) is 9.55. The molecule has 2 aliphatic rings. The summed E-state index contributed by atoms with van der Waals surface area (Å²) < 4.78 is 41.4. The Kier molecular flexibility index (Phi) is 6.44. The first-order valence-electron chi connectivity index (χ1n) is 12.3. The lowest BCUT2D eigenvalue weighted by atomic mass is 10.0. The highest BCUT2D eigenvalue weighted by Gasteiger charge is 2.30. The predicted molar refractivity (Wildman–Crippen MR) is 132 cm³/mol. The lowest BCUT2D eigenvalue weighted by molar-refractivity contribution is 0.0828. The van der Waals surface area contributed by atoms with Crippen molar-refractivity contribution in [2.75, 3.05) is 37.4 Å². The quantitative estimate of drug-likeness (QED) is 0.467. The fraction of sp³-hybridized carbons (Fsp3) is 0.462. The average molecular weight is 499 g/mol. The number of anilines is 2. The van der Waals surface area contributed by atoms with Gasteiger partial charge in [-0.05, 0) is 38.7 Å². The van der Waals surface area contributed by atoms with Crippen LogP contribution in [-0.4, -0.2) is 52.9 Å². The highest BCUT2D eigenvalue weighted by molar-refractivity contribution is 6.03. The molecular formula is C26H29F3N6O. The van der Waals surface area contributed by atoms with Crippen LogP contribution in [0.25, 0.3) is 11.0 Å². The summed E-state index contributed by atoms with van der Waals surface area (Å²) in [7, 11) is 3.37. The van der Waals surface area contributed by atoms with Gasteiger partial charge in [0.25, 0.3) is 12.3 Å². The highest BCUT2D eigenvalue weighted by atomic mass is 19.3. The van der Waals surface area contributed by atoms with E-state index < -0.39 is 23.8 Å². The molecule has 1 aromatic carbocycles. The van der Waals surface area contributed by atoms with Gasteiger partial charge in [-0.25, -0.2) is 28.1 Å². The lowest BCUT2D eigenvalue weighted by Gasteiger charge is -2.23. The van der Waals surface area contributed by atoms with Crippen molar-refractivity contribution in [2.24, 2.45) is 0 Å². The number of rotatable bonds is 7. The normalized spacial score (nSPS) is 16.6. The Morgan fingerprint density at radius 3 is 2.44 bits per heavy atom. The van der Waals surface area contributed by atoms with E-state index >= 15 is 0 Å². The number of amides is 1. The van der Waals surface area contributed by atoms with Crippen LogP contribution in [0.1, 0.15) is 78.3 Å². The maximum atomic E-state index is 14.9. The van der Waals surface area contributed by atoms with Crippen LogP contribution in [0.4, 0.5) is 24.8 Å². The van der Waals surface area contributed by atoms with Crippen LogP contribution in [0.2, 0.25) is 0 Å². The number of carbonyl (C=O) groups is 1. The van der Waals surface area contributed by atoms with Gasteiger partial charge in [-0.3, -0.25) is 4.79 Å². The first kappa shape index (κ1) is 24.3. The molecular weight excluding hydrogens is 469 g/mol. The summed E-state index contributed by atoms with van der Waals surface area (Å²) in [4.78, 5) is 31.0. The number of alkyl halides is 2. The minimum absolute atomic E-state index is 0.110. The molecule has 2 aromatic heterocycles. The van der Waals surface area contributed by atoms with Gasteiger partial charge in [0.2, 0.25) is 0 Å². The largest absolute Gasteiger partial charge is 0.363 e. The van der Waals surface area contributed by atoms with Crippen LogP contribution < -0.4 is 10.2 Å². The van der Waals surface area contributed by atoms with E-state index in [4.69, 9.17) is 15.0 Å². The molecule has 7 nitrogen and oxygen atoms in total. The van der Waals surface area contributed by atoms with Crippen molar-refractivity contribution in [3.05, 3.63) is 52.6 Å². The minimum atomic E-state index is -2.91. The molecule has 36 heavy (non-hydrogen) atoms. The van der Waals surface area contributed by atoms with E-state index in [2.05, 4.69) is 10.2 Å². The third kappa shape index (κ3) is 4.56. The fourth-order valence-electron chi connectivity index (χ4n) is 4.62. The number of nitrogens with one attached hydrogen (secondary N) is 1. The van der Waals surface area contributed by atoms with Gasteiger partial charge in [0.1, 0.15) is 23.3 Å². The topological polar surface area (TPSA) is 74.2 Å². The van der Waals surface area contributed by atoms with Gasteiger partial charge in [-0.2, -0.15) is 0 Å². The van der Waals surface area contributed by atoms with Crippen LogP contribution >= 0.6 is 0 Å². The third-order valence-electron chi connectivity index (χ3n) is 6.78. The Morgan fingerprint density at radius 2 is 1.81 bits per heavy atom. The monoisotopic (exact) mass is 498 g/mol. The molecule has 3 heterocycles. The molecule has 1 atom stereocenters. The molecule has 0 spiro atoms. The van der Waals surface area contributed by atoms with E-state index in [9.17, 15) is 18.0 Å². The van der Waals surface area contributed by atoms with Crippen molar-refractivity contribution < 1.29 is 18.0 Å². The molecule has 10 heteroatoms. The molecule has 1 saturated carbocycles. The van der Waals surface area contributed by atoms with Crippen LogP contribution in [0.5, 0.6) is 0 Å². The number of halogens is 3. The fourth-order valence-corrected chi connectivity index (χ4v) is 4.62. The average Bonchev–Trinajstić information content (AvgIpc) is 3.56. The number of fused-ring (bicyclic) bond motifs is 1. The molecule has 1 aliphatic heterocycles. The Bertz CT molecular complexity index is 1300. The molecule has 1 amide bonds. The molecule has 1 N–H and O–H groups in total. The third-order valence-corrected chi connectivity index (χ3v) is 6.78. The van der Waals surface area contributed by atoms with Gasteiger partial charge in [-0.15, -0.1) is 0 Å². The lowest BCUT2D eigenvalue weighted by Crippen LogP contribution is -2.28. The summed E-state index contributed by atoms with van der Waals surface area (Å²) in [5.41, 5.74) is 0.376. The number of carbonyl (C=O) groups excluding carboxylic acids is 1. The summed E-state index contributed by atoms with van der Waals surface area (Å²) in [5.74, 6) is 0.756. The van der Waals surface area contributed by atoms with Crippen LogP contribution in [0.3, 0.4) is 0 Å². The number of benzene rings is 1. The molecule has 0 unspecified atom stereocenters. The van der Waals surface area contributed by atoms with E-state index in [1.165, 1.54) is 17.0 Å². The highest BCUT2D eigenvalue weighted by Crippen LogP contribution is 2.40. The van der Waals surface area contributed by atoms with Crippen molar-refractivity contribution in [1.29, 1.82) is 0 Å². The van der Waals surface area contributed by atoms with Crippen molar-refractivity contribution >= 4 is 28.6 Å². The number of hydrogen-bond donors (Lipinski definition) is 1. The van der Waals surface area contributed by atoms with Gasteiger partial charge in [-0.1, -0.05) is 18.2 Å². The van der Waals surface area contributed by atoms with Crippen molar-refractivity contribution in [1.82, 2.24) is 19.9 Å². The summed E-state index contributed by atoms with van der Waals surface area (Å²) >= 11 is 0. The Labute approximate surface area is 207 Å². The number of pyridine rings is 1. The van der Waals surface area contributed by atoms with Gasteiger partial charge < -0.3 is 15.1 Å². The molecule has 1 saturated heterocycles. The van der Waals surface area contributed by atoms with Crippen molar-refractivity contribution in [2.45, 2.75) is 51.0 Å². The smallest absolute Gasteiger partial charge is 0.266 e. The van der Waals surface area contributed by atoms with Gasteiger partial charge in [0, 0.05) is 38.7 Å². The van der Waals surface area contributed by atoms with Gasteiger partial charge in [0.05, 0.1) is 22.6 Å². The molecule has 1 aliphatic carbocycles. The first-order chi connectivity index (χ1) is 17.2. The second-order valence-electron chi connectivity index (χ2n) is 9.75. The summed E-state index contributed by atoms with van der Waals surface area (Å²) in [6, 6.07) is 5.07. The number of hydrogen-bond acceptors (Lipinski definition) is 6. The summed E-state index contributed by atoms with van der Waals surface area (Å²) in [5, 5.41) is 3.73. The van der Waals surface area contributed by atoms with Gasteiger partial charge in [0.15, 0.2) is 5.65 Å². The van der Waals surface area contributed by atoms with Crippen LogP contribution in [0.15, 0.2) is 24.3 Å². The summed E-state index contributed by atoms with van der Waals surface area (Å²) in [6.45, 7) is 3.32. The zero-order chi connectivity index (χ0) is 25.6. The SMILES string of the molecule is C[C@@H](Nc1nc(C2CC2)nc2nc(N3CCCC3)c(C(=O)N(C)C)cc12)c1cccc(C(F)F)c1F. The molecule has 2 fully saturated rings. The molecule has 3 aromatic rings. The second-order valence-corrected chi connectivity index (χ2v) is 9.75. The molecule has 0 bridgehead atoms. The van der Waals surface area contributed by atoms with Gasteiger partial charge >= 0.3 is 0 Å². The van der Waals surface area contributed by atoms with E-state index in [-0.39, 0.29) is 17.4 Å². The maximum Gasteiger partial charge on any atom is 0.266 e. The maximum absolute atomic E-state index is 14.9. The van der Waals surface area contributed by atoms with E-state index in [0.29, 0.717) is 34.1 Å². The number of aromatic nitrogens is 3. The molecule has 190 valence electrons. The van der Waals surface area contributed by atoms with Crippen LogP contribution in [0, 0.1) is 5.82 Å². The van der Waals surface area contributed by atoms with Crippen molar-refractivity contribution in [3.8, 4) is 0 Å². The Balaban J connectivity index is 1.63. The van der Waals surface area contributed by atoms with E-state index in [1.54, 1.807) is 27.1 Å².